The van der Waals surface area contributed by atoms with Gasteiger partial charge in [-0.15, -0.1) is 0 Å². The molecule has 1 aromatic rings. The first-order chi connectivity index (χ1) is 7.40. The number of likely N-dealkylation sites (N-methyl/N-ethyl adjacent to an activating group) is 1. The summed E-state index contributed by atoms with van der Waals surface area (Å²) in [5, 5.41) is 9.44. The summed E-state index contributed by atoms with van der Waals surface area (Å²) in [6.07, 6.45) is 0. The first-order valence-corrected chi connectivity index (χ1v) is 5.16. The minimum absolute atomic E-state index is 0. The van der Waals surface area contributed by atoms with E-state index < -0.39 is 5.97 Å². The normalized spacial score (nSPS) is 10.5. The van der Waals surface area contributed by atoms with Crippen molar-refractivity contribution in [1.82, 2.24) is 0 Å². The van der Waals surface area contributed by atoms with Gasteiger partial charge in [0.15, 0.2) is 0 Å². The number of hydrogen-bond donors (Lipinski definition) is 1. The molecule has 0 saturated carbocycles. The summed E-state index contributed by atoms with van der Waals surface area (Å²) in [4.78, 5) is 11.6. The molecule has 1 N–H and O–H groups in total. The van der Waals surface area contributed by atoms with Crippen molar-refractivity contribution in [2.24, 2.45) is 0 Å². The predicted octanol–water partition coefficient (Wildman–Crippen LogP) is 0.607. The molecule has 0 aromatic heterocycles. The van der Waals surface area contributed by atoms with Gasteiger partial charge in [0.05, 0.1) is 21.1 Å². The Bertz CT molecular complexity index is 374. The summed E-state index contributed by atoms with van der Waals surface area (Å²) >= 11 is 0. The topological polar surface area (TPSA) is 46.5 Å². The van der Waals surface area contributed by atoms with E-state index in [1.165, 1.54) is 6.07 Å². The molecule has 0 unspecified atom stereocenters. The van der Waals surface area contributed by atoms with Crippen molar-refractivity contribution in [1.29, 1.82) is 0 Å². The van der Waals surface area contributed by atoms with Crippen molar-refractivity contribution < 1.29 is 19.1 Å². The summed E-state index contributed by atoms with van der Waals surface area (Å²) in [6, 6.07) is 6.37. The molecule has 0 aliphatic heterocycles. The van der Waals surface area contributed by atoms with E-state index in [1.54, 1.807) is 18.2 Å². The second-order valence-electron chi connectivity index (χ2n) is 4.67. The summed E-state index contributed by atoms with van der Waals surface area (Å²) in [5.41, 5.74) is 0.212. The standard InChI is InChI=1S/C12H17NO3.Na.H/c1-13(2,3)8-9-16-12(15)10-6-4-5-7-11(10)14;;/h4-7H,8-9H2,1-3H3;;/p+1. The van der Waals surface area contributed by atoms with Gasteiger partial charge < -0.3 is 14.3 Å². The van der Waals surface area contributed by atoms with Crippen LogP contribution in [0.4, 0.5) is 0 Å². The number of phenolic OH excluding ortho intramolecular Hbond substituents is 1. The van der Waals surface area contributed by atoms with E-state index in [-0.39, 0.29) is 40.9 Å². The number of quaternary nitrogens is 1. The quantitative estimate of drug-likeness (QED) is 0.482. The number of carbonyl (C=O) groups is 1. The number of benzene rings is 1. The summed E-state index contributed by atoms with van der Waals surface area (Å²) in [6.45, 7) is 1.08. The fraction of sp³-hybridized carbons (Fsp3) is 0.417. The van der Waals surface area contributed by atoms with Crippen molar-refractivity contribution in [3.63, 3.8) is 0 Å². The van der Waals surface area contributed by atoms with Crippen LogP contribution in [-0.4, -0.2) is 79.4 Å². The zero-order valence-electron chi connectivity index (χ0n) is 9.93. The Kier molecular flexibility index (Phi) is 6.78. The van der Waals surface area contributed by atoms with Gasteiger partial charge in [-0.25, -0.2) is 4.79 Å². The molecular weight excluding hydrogens is 229 g/mol. The molecule has 1 aromatic carbocycles. The average Bonchev–Trinajstić information content (AvgIpc) is 2.16. The molecule has 0 saturated heterocycles. The molecule has 90 valence electrons. The fourth-order valence-corrected chi connectivity index (χ4v) is 1.14. The van der Waals surface area contributed by atoms with Gasteiger partial charge in [-0.05, 0) is 12.1 Å². The number of ether oxygens (including phenoxy) is 1. The Labute approximate surface area is 124 Å². The maximum atomic E-state index is 11.6. The summed E-state index contributed by atoms with van der Waals surface area (Å²) < 4.78 is 5.80. The van der Waals surface area contributed by atoms with Gasteiger partial charge in [0, 0.05) is 0 Å². The Morgan fingerprint density at radius 2 is 1.88 bits per heavy atom. The molecule has 5 heteroatoms. The zero-order valence-corrected chi connectivity index (χ0v) is 9.93. The Hall–Kier alpha value is -0.550. The van der Waals surface area contributed by atoms with Crippen LogP contribution in [0.2, 0.25) is 0 Å². The summed E-state index contributed by atoms with van der Waals surface area (Å²) in [7, 11) is 6.06. The molecule has 0 radical (unpaired) electrons. The minimum atomic E-state index is -0.480. The summed E-state index contributed by atoms with van der Waals surface area (Å²) in [5.74, 6) is -0.524. The van der Waals surface area contributed by atoms with E-state index >= 15 is 0 Å². The van der Waals surface area contributed by atoms with Crippen LogP contribution in [0.15, 0.2) is 24.3 Å². The van der Waals surface area contributed by atoms with Crippen molar-refractivity contribution in [2.75, 3.05) is 34.3 Å². The number of nitrogens with zero attached hydrogens (tertiary/aromatic N) is 1. The fourth-order valence-electron chi connectivity index (χ4n) is 1.14. The van der Waals surface area contributed by atoms with Gasteiger partial charge in [-0.1, -0.05) is 12.1 Å². The first kappa shape index (κ1) is 16.4. The van der Waals surface area contributed by atoms with E-state index in [0.717, 1.165) is 11.0 Å². The number of carbonyl (C=O) groups excluding carboxylic acids is 1. The molecule has 17 heavy (non-hydrogen) atoms. The molecule has 0 spiro atoms. The van der Waals surface area contributed by atoms with Crippen LogP contribution in [0, 0.1) is 0 Å². The maximum absolute atomic E-state index is 11.6. The first-order valence-electron chi connectivity index (χ1n) is 5.16. The molecule has 1 rings (SSSR count). The van der Waals surface area contributed by atoms with E-state index in [2.05, 4.69) is 0 Å². The number of rotatable bonds is 4. The molecule has 0 atom stereocenters. The SMILES string of the molecule is C[N+](C)(C)CCOC(=O)c1ccccc1O.[NaH]. The second kappa shape index (κ2) is 7.01. The molecular formula is C12H19NNaO3+. The van der Waals surface area contributed by atoms with E-state index in [4.69, 9.17) is 4.74 Å². The molecule has 0 heterocycles. The Morgan fingerprint density at radius 3 is 2.41 bits per heavy atom. The zero-order chi connectivity index (χ0) is 12.2. The number of para-hydroxylation sites is 1. The van der Waals surface area contributed by atoms with Crippen LogP contribution in [0.3, 0.4) is 0 Å². The van der Waals surface area contributed by atoms with Crippen LogP contribution in [-0.2, 0) is 4.74 Å². The predicted molar refractivity (Wildman–Crippen MR) is 68.4 cm³/mol. The number of phenols is 1. The van der Waals surface area contributed by atoms with Gasteiger partial charge in [0.1, 0.15) is 24.5 Å². The third-order valence-corrected chi connectivity index (χ3v) is 2.12. The molecule has 0 fully saturated rings. The van der Waals surface area contributed by atoms with Crippen LogP contribution < -0.4 is 0 Å². The van der Waals surface area contributed by atoms with E-state index in [9.17, 15) is 9.90 Å². The Balaban J connectivity index is 0.00000256. The van der Waals surface area contributed by atoms with Crippen LogP contribution in [0.1, 0.15) is 10.4 Å². The van der Waals surface area contributed by atoms with Gasteiger partial charge >= 0.3 is 35.5 Å². The third kappa shape index (κ3) is 6.07. The van der Waals surface area contributed by atoms with Crippen molar-refractivity contribution >= 4 is 35.5 Å². The van der Waals surface area contributed by atoms with Gasteiger partial charge in [-0.2, -0.15) is 0 Å². The van der Waals surface area contributed by atoms with E-state index in [1.807, 2.05) is 21.1 Å². The number of aromatic hydroxyl groups is 1. The van der Waals surface area contributed by atoms with E-state index in [0.29, 0.717) is 6.61 Å². The molecule has 0 amide bonds. The van der Waals surface area contributed by atoms with Crippen LogP contribution in [0.5, 0.6) is 5.75 Å². The monoisotopic (exact) mass is 248 g/mol. The van der Waals surface area contributed by atoms with Gasteiger partial charge in [-0.3, -0.25) is 0 Å². The molecule has 0 aliphatic rings. The molecule has 0 aliphatic carbocycles. The average molecular weight is 248 g/mol. The van der Waals surface area contributed by atoms with Crippen LogP contribution in [0.25, 0.3) is 0 Å². The third-order valence-electron chi connectivity index (χ3n) is 2.12. The molecule has 0 bridgehead atoms. The second-order valence-corrected chi connectivity index (χ2v) is 4.67. The van der Waals surface area contributed by atoms with Gasteiger partial charge in [0.2, 0.25) is 0 Å². The Morgan fingerprint density at radius 1 is 1.29 bits per heavy atom. The van der Waals surface area contributed by atoms with Crippen molar-refractivity contribution in [3.8, 4) is 5.75 Å². The van der Waals surface area contributed by atoms with Crippen LogP contribution >= 0.6 is 0 Å². The van der Waals surface area contributed by atoms with Crippen molar-refractivity contribution in [3.05, 3.63) is 29.8 Å². The number of esters is 1. The molecule has 4 nitrogen and oxygen atoms in total. The van der Waals surface area contributed by atoms with Crippen molar-refractivity contribution in [2.45, 2.75) is 0 Å². The van der Waals surface area contributed by atoms with Gasteiger partial charge in [0.25, 0.3) is 0 Å². The number of hydrogen-bond acceptors (Lipinski definition) is 3.